The summed E-state index contributed by atoms with van der Waals surface area (Å²) in [6.45, 7) is 2.75. The molecule has 1 aromatic carbocycles. The van der Waals surface area contributed by atoms with E-state index in [1.807, 2.05) is 4.90 Å². The van der Waals surface area contributed by atoms with E-state index in [0.717, 1.165) is 6.07 Å². The lowest BCUT2D eigenvalue weighted by Gasteiger charge is -2.36. The molecule has 9 nitrogen and oxygen atoms in total. The molecule has 0 saturated carbocycles. The third kappa shape index (κ3) is 6.93. The monoisotopic (exact) mass is 459 g/mol. The first-order valence-corrected chi connectivity index (χ1v) is 12.0. The standard InChI is InChI=1S/C20H30FN3O6S/c21-16-3-1-2-4-19(16)31(27,28)22-8-7-15-5-6-17(18(14-25)30-15)23-20(26)13-24-9-11-29-12-10-24/h1-4,15,17-18,22,25H,5-14H2,(H,23,26)/t15-,17-,18+/m1/s1. The number of hydrogen-bond donors (Lipinski definition) is 3. The van der Waals surface area contributed by atoms with Crippen molar-refractivity contribution in [2.24, 2.45) is 0 Å². The minimum atomic E-state index is -3.95. The zero-order chi connectivity index (χ0) is 22.3. The van der Waals surface area contributed by atoms with E-state index in [4.69, 9.17) is 9.47 Å². The average Bonchev–Trinajstić information content (AvgIpc) is 2.75. The summed E-state index contributed by atoms with van der Waals surface area (Å²) in [7, 11) is -3.95. The highest BCUT2D eigenvalue weighted by Crippen LogP contribution is 2.22. The first-order chi connectivity index (χ1) is 14.9. The van der Waals surface area contributed by atoms with Gasteiger partial charge in [-0.25, -0.2) is 17.5 Å². The van der Waals surface area contributed by atoms with E-state index >= 15 is 0 Å². The van der Waals surface area contributed by atoms with Crippen LogP contribution in [0.15, 0.2) is 29.2 Å². The molecule has 174 valence electrons. The van der Waals surface area contributed by atoms with Crippen molar-refractivity contribution in [3.63, 3.8) is 0 Å². The molecule has 2 saturated heterocycles. The van der Waals surface area contributed by atoms with Gasteiger partial charge in [-0.1, -0.05) is 12.1 Å². The van der Waals surface area contributed by atoms with Crippen LogP contribution in [0.1, 0.15) is 19.3 Å². The van der Waals surface area contributed by atoms with Gasteiger partial charge < -0.3 is 19.9 Å². The van der Waals surface area contributed by atoms with Crippen molar-refractivity contribution in [1.29, 1.82) is 0 Å². The fourth-order valence-electron chi connectivity index (χ4n) is 3.82. The van der Waals surface area contributed by atoms with E-state index in [-0.39, 0.29) is 37.7 Å². The number of rotatable bonds is 9. The highest BCUT2D eigenvalue weighted by molar-refractivity contribution is 7.89. The summed E-state index contributed by atoms with van der Waals surface area (Å²) < 4.78 is 51.8. The first kappa shape index (κ1) is 24.0. The average molecular weight is 460 g/mol. The van der Waals surface area contributed by atoms with Gasteiger partial charge in [-0.05, 0) is 31.4 Å². The molecule has 0 unspecified atom stereocenters. The number of sulfonamides is 1. The van der Waals surface area contributed by atoms with Gasteiger partial charge in [0.05, 0.1) is 38.5 Å². The number of nitrogens with one attached hydrogen (secondary N) is 2. The fraction of sp³-hybridized carbons (Fsp3) is 0.650. The molecule has 3 N–H and O–H groups in total. The van der Waals surface area contributed by atoms with Crippen LogP contribution in [0, 0.1) is 5.82 Å². The molecular weight excluding hydrogens is 429 g/mol. The third-order valence-corrected chi connectivity index (χ3v) is 6.99. The SMILES string of the molecule is O=C(CN1CCOCC1)N[C@@H]1CC[C@H](CCNS(=O)(=O)c2ccccc2F)O[C@H]1CO. The van der Waals surface area contributed by atoms with Crippen molar-refractivity contribution in [2.45, 2.75) is 42.4 Å². The molecule has 0 aromatic heterocycles. The first-order valence-electron chi connectivity index (χ1n) is 10.5. The number of benzene rings is 1. The molecule has 2 fully saturated rings. The second-order valence-corrected chi connectivity index (χ2v) is 9.47. The van der Waals surface area contributed by atoms with Crippen LogP contribution >= 0.6 is 0 Å². The Kier molecular flexibility index (Phi) is 8.76. The maximum Gasteiger partial charge on any atom is 0.243 e. The Morgan fingerprint density at radius 2 is 1.97 bits per heavy atom. The minimum absolute atomic E-state index is 0.0769. The van der Waals surface area contributed by atoms with Gasteiger partial charge in [-0.2, -0.15) is 0 Å². The number of carbonyl (C=O) groups excluding carboxylic acids is 1. The number of ether oxygens (including phenoxy) is 2. The third-order valence-electron chi connectivity index (χ3n) is 5.50. The van der Waals surface area contributed by atoms with Crippen molar-refractivity contribution >= 4 is 15.9 Å². The van der Waals surface area contributed by atoms with E-state index in [0.29, 0.717) is 45.6 Å². The van der Waals surface area contributed by atoms with Crippen molar-refractivity contribution < 1.29 is 32.2 Å². The lowest BCUT2D eigenvalue weighted by Crippen LogP contribution is -2.53. The summed E-state index contributed by atoms with van der Waals surface area (Å²) >= 11 is 0. The van der Waals surface area contributed by atoms with Crippen LogP contribution in [0.4, 0.5) is 4.39 Å². The Labute approximate surface area is 181 Å². The van der Waals surface area contributed by atoms with Crippen molar-refractivity contribution in [1.82, 2.24) is 14.9 Å². The number of aliphatic hydroxyl groups is 1. The summed E-state index contributed by atoms with van der Waals surface area (Å²) in [6.07, 6.45) is 0.771. The molecule has 0 radical (unpaired) electrons. The van der Waals surface area contributed by atoms with Crippen LogP contribution in [-0.2, 0) is 24.3 Å². The minimum Gasteiger partial charge on any atom is -0.394 e. The van der Waals surface area contributed by atoms with Gasteiger partial charge >= 0.3 is 0 Å². The van der Waals surface area contributed by atoms with Crippen LogP contribution in [0.3, 0.4) is 0 Å². The highest BCUT2D eigenvalue weighted by Gasteiger charge is 2.32. The Morgan fingerprint density at radius 1 is 1.23 bits per heavy atom. The van der Waals surface area contributed by atoms with Crippen LogP contribution in [0.5, 0.6) is 0 Å². The predicted octanol–water partition coefficient (Wildman–Crippen LogP) is -0.149. The maximum absolute atomic E-state index is 13.7. The van der Waals surface area contributed by atoms with Gasteiger partial charge in [0.15, 0.2) is 0 Å². The largest absolute Gasteiger partial charge is 0.394 e. The van der Waals surface area contributed by atoms with Crippen molar-refractivity contribution in [2.75, 3.05) is 46.0 Å². The second-order valence-electron chi connectivity index (χ2n) is 7.74. The molecule has 11 heteroatoms. The lowest BCUT2D eigenvalue weighted by molar-refractivity contribution is -0.130. The number of halogens is 1. The molecule has 2 aliphatic rings. The van der Waals surface area contributed by atoms with Crippen LogP contribution in [0.2, 0.25) is 0 Å². The van der Waals surface area contributed by atoms with Crippen molar-refractivity contribution in [3.8, 4) is 0 Å². The summed E-state index contributed by atoms with van der Waals surface area (Å²) in [6, 6.07) is 4.89. The van der Waals surface area contributed by atoms with Gasteiger partial charge in [0.1, 0.15) is 16.8 Å². The topological polar surface area (TPSA) is 117 Å². The maximum atomic E-state index is 13.7. The lowest BCUT2D eigenvalue weighted by atomic mass is 9.97. The Bertz CT molecular complexity index is 834. The number of nitrogens with zero attached hydrogens (tertiary/aromatic N) is 1. The molecule has 0 spiro atoms. The van der Waals surface area contributed by atoms with E-state index in [9.17, 15) is 22.7 Å². The molecule has 2 heterocycles. The van der Waals surface area contributed by atoms with E-state index in [1.54, 1.807) is 0 Å². The fourth-order valence-corrected chi connectivity index (χ4v) is 4.94. The molecule has 0 bridgehead atoms. The number of amides is 1. The Hall–Kier alpha value is -1.63. The number of hydrogen-bond acceptors (Lipinski definition) is 7. The molecule has 0 aliphatic carbocycles. The second kappa shape index (κ2) is 11.3. The normalized spacial score (nSPS) is 25.3. The van der Waals surface area contributed by atoms with Gasteiger partial charge in [-0.15, -0.1) is 0 Å². The highest BCUT2D eigenvalue weighted by atomic mass is 32.2. The zero-order valence-corrected chi connectivity index (χ0v) is 18.2. The molecule has 2 aliphatic heterocycles. The number of aliphatic hydroxyl groups excluding tert-OH is 1. The van der Waals surface area contributed by atoms with Crippen molar-refractivity contribution in [3.05, 3.63) is 30.1 Å². The molecule has 1 aromatic rings. The van der Waals surface area contributed by atoms with Gasteiger partial charge in [0.25, 0.3) is 0 Å². The van der Waals surface area contributed by atoms with Gasteiger partial charge in [-0.3, -0.25) is 9.69 Å². The quantitative estimate of drug-likeness (QED) is 0.470. The van der Waals surface area contributed by atoms with E-state index < -0.39 is 26.8 Å². The predicted molar refractivity (Wildman–Crippen MR) is 110 cm³/mol. The van der Waals surface area contributed by atoms with Crippen LogP contribution < -0.4 is 10.0 Å². The summed E-state index contributed by atoms with van der Waals surface area (Å²) in [5, 5.41) is 12.6. The molecule has 3 rings (SSSR count). The molecule has 3 atom stereocenters. The molecular formula is C20H30FN3O6S. The van der Waals surface area contributed by atoms with E-state index in [2.05, 4.69) is 10.0 Å². The zero-order valence-electron chi connectivity index (χ0n) is 17.3. The van der Waals surface area contributed by atoms with Crippen LogP contribution in [-0.4, -0.2) is 88.6 Å². The smallest absolute Gasteiger partial charge is 0.243 e. The Morgan fingerprint density at radius 3 is 2.68 bits per heavy atom. The summed E-state index contributed by atoms with van der Waals surface area (Å²) in [4.78, 5) is 14.0. The van der Waals surface area contributed by atoms with Gasteiger partial charge in [0.2, 0.25) is 15.9 Å². The van der Waals surface area contributed by atoms with E-state index in [1.165, 1.54) is 18.2 Å². The van der Waals surface area contributed by atoms with Crippen LogP contribution in [0.25, 0.3) is 0 Å². The summed E-state index contributed by atoms with van der Waals surface area (Å²) in [5.41, 5.74) is 0. The molecule has 1 amide bonds. The van der Waals surface area contributed by atoms with Gasteiger partial charge in [0, 0.05) is 19.6 Å². The molecule has 31 heavy (non-hydrogen) atoms. The number of carbonyl (C=O) groups is 1. The number of morpholine rings is 1. The summed E-state index contributed by atoms with van der Waals surface area (Å²) in [5.74, 6) is -0.926. The Balaban J connectivity index is 1.43.